The maximum atomic E-state index is 13.4. The molecule has 6 nitrogen and oxygen atoms in total. The number of aromatic nitrogens is 1. The molecule has 3 N–H and O–H groups in total. The molecule has 34 heavy (non-hydrogen) atoms. The van der Waals surface area contributed by atoms with Crippen molar-refractivity contribution in [1.82, 2.24) is 9.69 Å². The Morgan fingerprint density at radius 1 is 1.15 bits per heavy atom. The molecule has 0 saturated heterocycles. The molecule has 0 bridgehead atoms. The van der Waals surface area contributed by atoms with Crippen LogP contribution in [0.3, 0.4) is 0 Å². The maximum Gasteiger partial charge on any atom is 0.276 e. The number of nitrogens with zero attached hydrogens (tertiary/aromatic N) is 1. The number of carbonyl (C=O) groups excluding carboxylic acids is 2. The maximum absolute atomic E-state index is 13.4. The third-order valence-corrected chi connectivity index (χ3v) is 7.87. The molecule has 0 spiro atoms. The van der Waals surface area contributed by atoms with Crippen LogP contribution in [0.15, 0.2) is 60.7 Å². The largest absolute Gasteiger partial charge is 0.385 e. The van der Waals surface area contributed by atoms with Crippen LogP contribution in [0.1, 0.15) is 68.4 Å². The standard InChI is InChI=1S/C27H23N3O3S/c1-15-7-2-3-8-17(15)23-22-19(25(31)29-23)13-16(27(33)11-6-12-27)14-20(22)28-26(32)24-18-9-4-5-10-21(18)34-30-24/h2-5,7-10,13-14,23,33H,6,11-12H2,1H3,(H,28,32)(H,29,31). The summed E-state index contributed by atoms with van der Waals surface area (Å²) in [5.74, 6) is -0.539. The van der Waals surface area contributed by atoms with Crippen LogP contribution in [-0.4, -0.2) is 21.3 Å². The first kappa shape index (κ1) is 21.0. The molecule has 1 aromatic heterocycles. The number of aliphatic hydroxyl groups is 1. The van der Waals surface area contributed by atoms with Crippen molar-refractivity contribution in [1.29, 1.82) is 0 Å². The van der Waals surface area contributed by atoms with E-state index in [0.717, 1.165) is 33.2 Å². The molecule has 2 heterocycles. The van der Waals surface area contributed by atoms with Gasteiger partial charge in [0.15, 0.2) is 0 Å². The van der Waals surface area contributed by atoms with E-state index in [0.29, 0.717) is 35.3 Å². The van der Waals surface area contributed by atoms with Crippen molar-refractivity contribution in [2.75, 3.05) is 5.32 Å². The SMILES string of the molecule is Cc1ccccc1C1NC(=O)c2cc(C3(O)CCC3)cc(NC(=O)c3nsc4ccccc34)c21. The van der Waals surface area contributed by atoms with Crippen LogP contribution < -0.4 is 10.6 Å². The molecule has 2 aliphatic rings. The molecule has 1 atom stereocenters. The van der Waals surface area contributed by atoms with Gasteiger partial charge in [-0.05, 0) is 72.6 Å². The number of nitrogens with one attached hydrogen (secondary N) is 2. The molecule has 1 aliphatic heterocycles. The predicted octanol–water partition coefficient (Wildman–Crippen LogP) is 5.06. The second-order valence-electron chi connectivity index (χ2n) is 9.11. The first-order valence-corrected chi connectivity index (χ1v) is 12.1. The summed E-state index contributed by atoms with van der Waals surface area (Å²) in [6, 6.07) is 18.7. The quantitative estimate of drug-likeness (QED) is 0.390. The van der Waals surface area contributed by atoms with E-state index in [1.54, 1.807) is 6.07 Å². The number of benzene rings is 3. The first-order chi connectivity index (χ1) is 16.4. The van der Waals surface area contributed by atoms with E-state index >= 15 is 0 Å². The molecule has 4 aromatic rings. The number of rotatable bonds is 4. The molecule has 1 unspecified atom stereocenters. The summed E-state index contributed by atoms with van der Waals surface area (Å²) in [5, 5.41) is 18.0. The molecule has 3 aromatic carbocycles. The summed E-state index contributed by atoms with van der Waals surface area (Å²) in [6.07, 6.45) is 2.20. The van der Waals surface area contributed by atoms with Crippen molar-refractivity contribution < 1.29 is 14.7 Å². The Bertz CT molecular complexity index is 1470. The zero-order valence-electron chi connectivity index (χ0n) is 18.6. The topological polar surface area (TPSA) is 91.3 Å². The molecule has 2 amide bonds. The minimum Gasteiger partial charge on any atom is -0.385 e. The molecule has 1 saturated carbocycles. The average molecular weight is 470 g/mol. The molecule has 7 heteroatoms. The van der Waals surface area contributed by atoms with Gasteiger partial charge in [-0.1, -0.05) is 42.5 Å². The lowest BCUT2D eigenvalue weighted by atomic mass is 9.74. The Labute approximate surface area is 200 Å². The zero-order valence-corrected chi connectivity index (χ0v) is 19.4. The fourth-order valence-corrected chi connectivity index (χ4v) is 5.75. The molecule has 1 fully saturated rings. The molecule has 170 valence electrons. The van der Waals surface area contributed by atoms with Gasteiger partial charge in [-0.25, -0.2) is 0 Å². The third-order valence-electron chi connectivity index (χ3n) is 7.05. The summed E-state index contributed by atoms with van der Waals surface area (Å²) < 4.78 is 5.32. The first-order valence-electron chi connectivity index (χ1n) is 11.4. The number of carbonyl (C=O) groups is 2. The van der Waals surface area contributed by atoms with E-state index < -0.39 is 11.6 Å². The third kappa shape index (κ3) is 3.23. The van der Waals surface area contributed by atoms with Crippen LogP contribution in [0, 0.1) is 6.92 Å². The van der Waals surface area contributed by atoms with Gasteiger partial charge < -0.3 is 15.7 Å². The molecule has 0 radical (unpaired) electrons. The van der Waals surface area contributed by atoms with Crippen molar-refractivity contribution in [3.8, 4) is 0 Å². The lowest BCUT2D eigenvalue weighted by molar-refractivity contribution is -0.0387. The van der Waals surface area contributed by atoms with E-state index in [9.17, 15) is 14.7 Å². The van der Waals surface area contributed by atoms with Gasteiger partial charge in [0.1, 0.15) is 5.69 Å². The van der Waals surface area contributed by atoms with Crippen LogP contribution in [0.2, 0.25) is 0 Å². The lowest BCUT2D eigenvalue weighted by Gasteiger charge is -2.37. The highest BCUT2D eigenvalue weighted by Crippen LogP contribution is 2.46. The van der Waals surface area contributed by atoms with E-state index in [2.05, 4.69) is 15.0 Å². The number of hydrogen-bond acceptors (Lipinski definition) is 5. The Balaban J connectivity index is 1.49. The summed E-state index contributed by atoms with van der Waals surface area (Å²) in [7, 11) is 0. The van der Waals surface area contributed by atoms with Gasteiger partial charge in [0.25, 0.3) is 11.8 Å². The van der Waals surface area contributed by atoms with Gasteiger partial charge in [-0.15, -0.1) is 0 Å². The van der Waals surface area contributed by atoms with E-state index in [4.69, 9.17) is 0 Å². The van der Waals surface area contributed by atoms with E-state index in [1.165, 1.54) is 11.5 Å². The second kappa shape index (κ2) is 7.75. The van der Waals surface area contributed by atoms with E-state index in [1.807, 2.05) is 61.5 Å². The lowest BCUT2D eigenvalue weighted by Crippen LogP contribution is -2.34. The smallest absolute Gasteiger partial charge is 0.276 e. The minimum atomic E-state index is -0.969. The Morgan fingerprint density at radius 2 is 1.91 bits per heavy atom. The zero-order chi connectivity index (χ0) is 23.4. The fourth-order valence-electron chi connectivity index (χ4n) is 4.98. The number of aryl methyl sites for hydroxylation is 1. The molecule has 6 rings (SSSR count). The van der Waals surface area contributed by atoms with Crippen LogP contribution in [0.5, 0.6) is 0 Å². The van der Waals surface area contributed by atoms with Crippen molar-refractivity contribution in [2.45, 2.75) is 37.8 Å². The van der Waals surface area contributed by atoms with Gasteiger partial charge in [-0.2, -0.15) is 4.37 Å². The number of amides is 2. The number of anilines is 1. The van der Waals surface area contributed by atoms with Crippen molar-refractivity contribution in [3.63, 3.8) is 0 Å². The van der Waals surface area contributed by atoms with Crippen LogP contribution in [-0.2, 0) is 5.60 Å². The second-order valence-corrected chi connectivity index (χ2v) is 9.92. The molecular weight excluding hydrogens is 446 g/mol. The summed E-state index contributed by atoms with van der Waals surface area (Å²) in [4.78, 5) is 26.5. The van der Waals surface area contributed by atoms with Gasteiger partial charge >= 0.3 is 0 Å². The summed E-state index contributed by atoms with van der Waals surface area (Å²) in [6.45, 7) is 2.00. The molecular formula is C27H23N3O3S. The van der Waals surface area contributed by atoms with Gasteiger partial charge in [-0.3, -0.25) is 9.59 Å². The van der Waals surface area contributed by atoms with E-state index in [-0.39, 0.29) is 11.8 Å². The normalized spacial score (nSPS) is 18.3. The van der Waals surface area contributed by atoms with Crippen LogP contribution in [0.4, 0.5) is 5.69 Å². The Hall–Kier alpha value is -3.55. The highest BCUT2D eigenvalue weighted by molar-refractivity contribution is 7.13. The number of fused-ring (bicyclic) bond motifs is 2. The molecule has 1 aliphatic carbocycles. The van der Waals surface area contributed by atoms with Crippen molar-refractivity contribution >= 4 is 39.1 Å². The Kier molecular flexibility index (Phi) is 4.79. The van der Waals surface area contributed by atoms with Crippen LogP contribution >= 0.6 is 11.5 Å². The van der Waals surface area contributed by atoms with Crippen molar-refractivity contribution in [3.05, 3.63) is 94.2 Å². The number of hydrogen-bond donors (Lipinski definition) is 3. The average Bonchev–Trinajstić information content (AvgIpc) is 3.39. The summed E-state index contributed by atoms with van der Waals surface area (Å²) in [5.41, 5.74) is 3.81. The monoisotopic (exact) mass is 469 g/mol. The predicted molar refractivity (Wildman–Crippen MR) is 132 cm³/mol. The van der Waals surface area contributed by atoms with Gasteiger partial charge in [0, 0.05) is 22.2 Å². The van der Waals surface area contributed by atoms with Gasteiger partial charge in [0.2, 0.25) is 0 Å². The summed E-state index contributed by atoms with van der Waals surface area (Å²) >= 11 is 1.28. The fraction of sp³-hybridized carbons (Fsp3) is 0.222. The van der Waals surface area contributed by atoms with Crippen molar-refractivity contribution in [2.24, 2.45) is 0 Å². The minimum absolute atomic E-state index is 0.206. The highest BCUT2D eigenvalue weighted by atomic mass is 32.1. The van der Waals surface area contributed by atoms with Gasteiger partial charge in [0.05, 0.1) is 16.3 Å². The van der Waals surface area contributed by atoms with Crippen LogP contribution in [0.25, 0.3) is 10.1 Å². The Morgan fingerprint density at radius 3 is 2.68 bits per heavy atom. The highest BCUT2D eigenvalue weighted by Gasteiger charge is 2.40.